The van der Waals surface area contributed by atoms with Crippen LogP contribution in [0.2, 0.25) is 5.02 Å². The summed E-state index contributed by atoms with van der Waals surface area (Å²) in [5, 5.41) is 3.84. The van der Waals surface area contributed by atoms with Crippen LogP contribution in [0.1, 0.15) is 47.2 Å². The quantitative estimate of drug-likeness (QED) is 0.792. The van der Waals surface area contributed by atoms with Gasteiger partial charge in [0.1, 0.15) is 6.54 Å². The van der Waals surface area contributed by atoms with Crippen LogP contribution in [-0.2, 0) is 16.8 Å². The lowest BCUT2D eigenvalue weighted by Gasteiger charge is -2.40. The summed E-state index contributed by atoms with van der Waals surface area (Å²) in [5.41, 5.74) is 8.94. The number of benzene rings is 2. The number of carbonyl (C=O) groups excluding carboxylic acids is 2. The van der Waals surface area contributed by atoms with Crippen LogP contribution in [0, 0.1) is 0 Å². The Morgan fingerprint density at radius 2 is 1.93 bits per heavy atom. The van der Waals surface area contributed by atoms with Crippen molar-refractivity contribution < 1.29 is 9.59 Å². The van der Waals surface area contributed by atoms with E-state index in [0.717, 1.165) is 36.3 Å². The van der Waals surface area contributed by atoms with Crippen LogP contribution in [0.4, 0.5) is 0 Å². The Kier molecular flexibility index (Phi) is 5.61. The molecule has 2 aromatic carbocycles. The summed E-state index contributed by atoms with van der Waals surface area (Å²) in [4.78, 5) is 26.6. The number of nitrogens with two attached hydrogens (primary N) is 1. The predicted molar refractivity (Wildman–Crippen MR) is 114 cm³/mol. The number of halogens is 1. The predicted octanol–water partition coefficient (Wildman–Crippen LogP) is 3.25. The van der Waals surface area contributed by atoms with Crippen molar-refractivity contribution in [3.8, 4) is 0 Å². The van der Waals surface area contributed by atoms with Crippen molar-refractivity contribution in [2.24, 2.45) is 5.73 Å². The second-order valence-electron chi connectivity index (χ2n) is 8.15. The number of hydrogen-bond donors (Lipinski definition) is 2. The van der Waals surface area contributed by atoms with E-state index in [2.05, 4.69) is 11.4 Å². The zero-order chi connectivity index (χ0) is 20.4. The molecule has 1 saturated carbocycles. The van der Waals surface area contributed by atoms with E-state index in [1.165, 1.54) is 5.56 Å². The highest BCUT2D eigenvalue weighted by Crippen LogP contribution is 2.39. The fraction of sp³-hybridized carbons (Fsp3) is 0.391. The lowest BCUT2D eigenvalue weighted by Crippen LogP contribution is -2.47. The topological polar surface area (TPSA) is 75.4 Å². The second kappa shape index (κ2) is 8.17. The molecule has 0 spiro atoms. The SMILES string of the molecule is NC[C@]1(c2cccc(Cl)c2)CC[C@H](NC(=O)CN2Cc3ccccc3C2=O)CC1. The van der Waals surface area contributed by atoms with Gasteiger partial charge in [-0.3, -0.25) is 9.59 Å². The Morgan fingerprint density at radius 1 is 1.17 bits per heavy atom. The minimum atomic E-state index is -0.0980. The number of hydrogen-bond acceptors (Lipinski definition) is 3. The molecule has 1 aliphatic carbocycles. The molecule has 3 N–H and O–H groups in total. The third-order valence-corrected chi connectivity index (χ3v) is 6.60. The molecule has 29 heavy (non-hydrogen) atoms. The van der Waals surface area contributed by atoms with E-state index >= 15 is 0 Å². The lowest BCUT2D eigenvalue weighted by molar-refractivity contribution is -0.122. The maximum absolute atomic E-state index is 12.6. The van der Waals surface area contributed by atoms with Crippen LogP contribution in [0.3, 0.4) is 0 Å². The number of nitrogens with one attached hydrogen (secondary N) is 1. The number of fused-ring (bicyclic) bond motifs is 1. The first kappa shape index (κ1) is 19.9. The number of rotatable bonds is 5. The number of amides is 2. The van der Waals surface area contributed by atoms with Crippen molar-refractivity contribution in [1.82, 2.24) is 10.2 Å². The zero-order valence-electron chi connectivity index (χ0n) is 16.4. The molecule has 6 heteroatoms. The molecule has 0 atom stereocenters. The summed E-state index contributed by atoms with van der Waals surface area (Å²) in [5.74, 6) is -0.165. The summed E-state index contributed by atoms with van der Waals surface area (Å²) >= 11 is 6.18. The van der Waals surface area contributed by atoms with Crippen molar-refractivity contribution in [3.63, 3.8) is 0 Å². The largest absolute Gasteiger partial charge is 0.352 e. The van der Waals surface area contributed by atoms with E-state index in [9.17, 15) is 9.59 Å². The van der Waals surface area contributed by atoms with Gasteiger partial charge in [-0.25, -0.2) is 0 Å². The van der Waals surface area contributed by atoms with Gasteiger partial charge in [0.2, 0.25) is 5.91 Å². The molecule has 2 aliphatic rings. The molecule has 2 amide bonds. The van der Waals surface area contributed by atoms with Crippen LogP contribution in [-0.4, -0.2) is 35.8 Å². The third kappa shape index (κ3) is 4.02. The summed E-state index contributed by atoms with van der Waals surface area (Å²) in [7, 11) is 0. The monoisotopic (exact) mass is 411 g/mol. The first-order valence-electron chi connectivity index (χ1n) is 10.1. The van der Waals surface area contributed by atoms with E-state index < -0.39 is 0 Å². The van der Waals surface area contributed by atoms with Gasteiger partial charge in [0.05, 0.1) is 0 Å². The van der Waals surface area contributed by atoms with Gasteiger partial charge in [-0.1, -0.05) is 41.9 Å². The molecule has 0 saturated heterocycles. The van der Waals surface area contributed by atoms with E-state index in [-0.39, 0.29) is 29.8 Å². The van der Waals surface area contributed by atoms with Crippen molar-refractivity contribution in [2.75, 3.05) is 13.1 Å². The van der Waals surface area contributed by atoms with Gasteiger partial charge in [-0.05, 0) is 55.0 Å². The van der Waals surface area contributed by atoms with Gasteiger partial charge < -0.3 is 16.0 Å². The average Bonchev–Trinajstić information content (AvgIpc) is 3.04. The Morgan fingerprint density at radius 3 is 2.62 bits per heavy atom. The zero-order valence-corrected chi connectivity index (χ0v) is 17.1. The standard InChI is InChI=1S/C23H26ClN3O2/c24-18-6-3-5-17(12-18)23(15-25)10-8-19(9-11-23)26-21(28)14-27-13-16-4-1-2-7-20(16)22(27)29/h1-7,12,19H,8-11,13-15,25H2,(H,26,28)/t19-,23-. The Balaban J connectivity index is 1.33. The third-order valence-electron chi connectivity index (χ3n) is 6.37. The summed E-state index contributed by atoms with van der Waals surface area (Å²) < 4.78 is 0. The molecule has 0 aromatic heterocycles. The molecule has 2 aromatic rings. The fourth-order valence-corrected chi connectivity index (χ4v) is 4.82. The van der Waals surface area contributed by atoms with Crippen molar-refractivity contribution in [2.45, 2.75) is 43.7 Å². The minimum absolute atomic E-state index is 0.0671. The highest BCUT2D eigenvalue weighted by molar-refractivity contribution is 6.30. The highest BCUT2D eigenvalue weighted by Gasteiger charge is 2.36. The number of nitrogens with zero attached hydrogens (tertiary/aromatic N) is 1. The Hall–Kier alpha value is -2.37. The minimum Gasteiger partial charge on any atom is -0.352 e. The Labute approximate surface area is 176 Å². The van der Waals surface area contributed by atoms with Crippen molar-refractivity contribution in [1.29, 1.82) is 0 Å². The van der Waals surface area contributed by atoms with E-state index in [0.29, 0.717) is 18.7 Å². The molecule has 1 fully saturated rings. The normalized spacial score (nSPS) is 23.7. The molecular formula is C23H26ClN3O2. The van der Waals surface area contributed by atoms with Crippen LogP contribution >= 0.6 is 11.6 Å². The lowest BCUT2D eigenvalue weighted by atomic mass is 9.68. The molecule has 4 rings (SSSR count). The summed E-state index contributed by atoms with van der Waals surface area (Å²) in [6.07, 6.45) is 3.54. The first-order valence-corrected chi connectivity index (χ1v) is 10.5. The van der Waals surface area contributed by atoms with Gasteiger partial charge in [-0.15, -0.1) is 0 Å². The van der Waals surface area contributed by atoms with E-state index in [1.54, 1.807) is 4.90 Å². The highest BCUT2D eigenvalue weighted by atomic mass is 35.5. The van der Waals surface area contributed by atoms with Crippen LogP contribution in [0.15, 0.2) is 48.5 Å². The number of carbonyl (C=O) groups is 2. The van der Waals surface area contributed by atoms with Gasteiger partial charge in [0.15, 0.2) is 0 Å². The van der Waals surface area contributed by atoms with Gasteiger partial charge in [0.25, 0.3) is 5.91 Å². The summed E-state index contributed by atoms with van der Waals surface area (Å²) in [6.45, 7) is 1.16. The molecule has 0 bridgehead atoms. The smallest absolute Gasteiger partial charge is 0.254 e. The Bertz CT molecular complexity index is 922. The van der Waals surface area contributed by atoms with E-state index in [4.69, 9.17) is 17.3 Å². The molecular weight excluding hydrogens is 386 g/mol. The molecule has 0 unspecified atom stereocenters. The molecule has 152 valence electrons. The van der Waals surface area contributed by atoms with Crippen LogP contribution in [0.25, 0.3) is 0 Å². The van der Waals surface area contributed by atoms with Crippen molar-refractivity contribution >= 4 is 23.4 Å². The second-order valence-corrected chi connectivity index (χ2v) is 8.59. The first-order chi connectivity index (χ1) is 14.0. The van der Waals surface area contributed by atoms with Gasteiger partial charge >= 0.3 is 0 Å². The van der Waals surface area contributed by atoms with Crippen molar-refractivity contribution in [3.05, 3.63) is 70.2 Å². The average molecular weight is 412 g/mol. The molecule has 0 radical (unpaired) electrons. The molecule has 5 nitrogen and oxygen atoms in total. The van der Waals surface area contributed by atoms with Crippen LogP contribution < -0.4 is 11.1 Å². The van der Waals surface area contributed by atoms with Gasteiger partial charge in [0, 0.05) is 35.1 Å². The maximum Gasteiger partial charge on any atom is 0.254 e. The van der Waals surface area contributed by atoms with Gasteiger partial charge in [-0.2, -0.15) is 0 Å². The maximum atomic E-state index is 12.6. The molecule has 1 aliphatic heterocycles. The van der Waals surface area contributed by atoms with Crippen LogP contribution in [0.5, 0.6) is 0 Å². The summed E-state index contributed by atoms with van der Waals surface area (Å²) in [6, 6.07) is 15.6. The van der Waals surface area contributed by atoms with E-state index in [1.807, 2.05) is 42.5 Å². The molecule has 1 heterocycles. The fourth-order valence-electron chi connectivity index (χ4n) is 4.63.